The van der Waals surface area contributed by atoms with Crippen LogP contribution in [-0.2, 0) is 16.1 Å². The molecule has 1 aromatic rings. The molecule has 1 aliphatic heterocycles. The van der Waals surface area contributed by atoms with Gasteiger partial charge >= 0.3 is 0 Å². The fourth-order valence-electron chi connectivity index (χ4n) is 9.67. The molecule has 1 aromatic heterocycles. The summed E-state index contributed by atoms with van der Waals surface area (Å²) in [5.41, 5.74) is 2.40. The summed E-state index contributed by atoms with van der Waals surface area (Å²) in [6.07, 6.45) is 12.5. The normalized spacial score (nSPS) is 33.4. The molecule has 4 atom stereocenters. The number of H-pyrrole nitrogens is 1. The molecule has 2 N–H and O–H groups in total. The minimum absolute atomic E-state index is 0.0168. The quantitative estimate of drug-likeness (QED) is 0.382. The summed E-state index contributed by atoms with van der Waals surface area (Å²) in [6, 6.07) is 3.73. The highest BCUT2D eigenvalue weighted by Gasteiger charge is 2.45. The van der Waals surface area contributed by atoms with Gasteiger partial charge in [-0.05, 0) is 134 Å². The number of aromatic nitrogens is 1. The maximum Gasteiger partial charge on any atom is 0.253 e. The van der Waals surface area contributed by atoms with Crippen LogP contribution in [0.1, 0.15) is 94.9 Å². The number of carbonyl (C=O) groups excluding carboxylic acids is 1. The summed E-state index contributed by atoms with van der Waals surface area (Å²) >= 11 is 0. The molecule has 4 unspecified atom stereocenters. The first kappa shape index (κ1) is 34.6. The molecule has 8 nitrogen and oxygen atoms in total. The molecular formula is C37H63N5O3. The third kappa shape index (κ3) is 8.60. The molecule has 4 aliphatic rings. The highest BCUT2D eigenvalue weighted by Crippen LogP contribution is 2.46. The Bertz CT molecular complexity index is 1150. The first-order chi connectivity index (χ1) is 21.6. The predicted octanol–water partition coefficient (Wildman–Crippen LogP) is 4.97. The Morgan fingerprint density at radius 1 is 0.978 bits per heavy atom. The van der Waals surface area contributed by atoms with Crippen LogP contribution in [0.25, 0.3) is 0 Å². The summed E-state index contributed by atoms with van der Waals surface area (Å²) in [4.78, 5) is 37.5. The number of hydrogen-bond acceptors (Lipinski definition) is 6. The van der Waals surface area contributed by atoms with Crippen LogP contribution in [0.2, 0.25) is 0 Å². The lowest BCUT2D eigenvalue weighted by molar-refractivity contribution is -0.131. The van der Waals surface area contributed by atoms with E-state index in [1.165, 1.54) is 64.3 Å². The first-order valence-electron chi connectivity index (χ1n) is 18.3. The average Bonchev–Trinajstić information content (AvgIpc) is 3.02. The molecule has 4 fully saturated rings. The average molecular weight is 626 g/mol. The van der Waals surface area contributed by atoms with Gasteiger partial charge in [0.1, 0.15) is 0 Å². The Hall–Kier alpha value is -1.74. The number of carbonyl (C=O) groups is 1. The lowest BCUT2D eigenvalue weighted by Crippen LogP contribution is -2.55. The molecule has 0 spiro atoms. The SMILES string of the molecule is CCN(C1CCC(N(C)C)CC1)C1CC(C2CCC(CN3CCOCC3)CC2)CC(C(=O)NCc2c(C)cc(C)[nH]c2=O)C1C. The van der Waals surface area contributed by atoms with Gasteiger partial charge in [-0.2, -0.15) is 0 Å². The first-order valence-corrected chi connectivity index (χ1v) is 18.3. The molecule has 254 valence electrons. The monoisotopic (exact) mass is 625 g/mol. The van der Waals surface area contributed by atoms with E-state index in [-0.39, 0.29) is 17.4 Å². The largest absolute Gasteiger partial charge is 0.379 e. The molecule has 0 bridgehead atoms. The fraction of sp³-hybridized carbons (Fsp3) is 0.838. The van der Waals surface area contributed by atoms with Crippen molar-refractivity contribution in [2.75, 3.05) is 53.5 Å². The summed E-state index contributed by atoms with van der Waals surface area (Å²) < 4.78 is 5.58. The smallest absolute Gasteiger partial charge is 0.253 e. The summed E-state index contributed by atoms with van der Waals surface area (Å²) in [5.74, 6) is 2.51. The van der Waals surface area contributed by atoms with E-state index >= 15 is 0 Å². The molecular weight excluding hydrogens is 562 g/mol. The van der Waals surface area contributed by atoms with Crippen molar-refractivity contribution in [1.29, 1.82) is 0 Å². The summed E-state index contributed by atoms with van der Waals surface area (Å²) in [6.45, 7) is 15.1. The maximum absolute atomic E-state index is 14.1. The predicted molar refractivity (Wildman–Crippen MR) is 182 cm³/mol. The van der Waals surface area contributed by atoms with Gasteiger partial charge in [-0.25, -0.2) is 0 Å². The van der Waals surface area contributed by atoms with E-state index in [0.717, 1.165) is 56.4 Å². The van der Waals surface area contributed by atoms with Crippen LogP contribution >= 0.6 is 0 Å². The van der Waals surface area contributed by atoms with Crippen LogP contribution in [-0.4, -0.2) is 97.2 Å². The third-order valence-electron chi connectivity index (χ3n) is 12.4. The minimum Gasteiger partial charge on any atom is -0.379 e. The van der Waals surface area contributed by atoms with Gasteiger partial charge < -0.3 is 19.9 Å². The molecule has 1 saturated heterocycles. The van der Waals surface area contributed by atoms with Crippen LogP contribution in [0.15, 0.2) is 10.9 Å². The number of amides is 1. The molecule has 0 radical (unpaired) electrons. The van der Waals surface area contributed by atoms with Crippen LogP contribution in [0.5, 0.6) is 0 Å². The Morgan fingerprint density at radius 3 is 2.27 bits per heavy atom. The van der Waals surface area contributed by atoms with Gasteiger partial charge in [0.15, 0.2) is 0 Å². The van der Waals surface area contributed by atoms with Crippen molar-refractivity contribution in [2.45, 2.75) is 117 Å². The van der Waals surface area contributed by atoms with Crippen molar-refractivity contribution in [3.8, 4) is 0 Å². The zero-order valence-corrected chi connectivity index (χ0v) is 29.3. The number of pyridine rings is 1. The Labute approximate surface area is 273 Å². The molecule has 45 heavy (non-hydrogen) atoms. The number of rotatable bonds is 10. The second kappa shape index (κ2) is 15.9. The maximum atomic E-state index is 14.1. The number of hydrogen-bond donors (Lipinski definition) is 2. The standard InChI is InChI=1S/C37H63N5O3/c1-7-42(32-14-12-31(13-15-32)40(5)6)35-22-30(29-10-8-28(9-11-29)24-41-16-18-45-19-17-41)21-33(27(35)4)36(43)38-23-34-25(2)20-26(3)39-37(34)44/h20,27-33,35H,7-19,21-24H2,1-6H3,(H,38,43)(H,39,44). The second-order valence-corrected chi connectivity index (χ2v) is 15.4. The van der Waals surface area contributed by atoms with Crippen molar-refractivity contribution in [3.05, 3.63) is 33.2 Å². The van der Waals surface area contributed by atoms with Crippen molar-refractivity contribution >= 4 is 5.91 Å². The highest BCUT2D eigenvalue weighted by atomic mass is 16.5. The number of aryl methyl sites for hydroxylation is 2. The summed E-state index contributed by atoms with van der Waals surface area (Å²) in [7, 11) is 4.45. The van der Waals surface area contributed by atoms with Gasteiger partial charge in [0.05, 0.1) is 13.2 Å². The van der Waals surface area contributed by atoms with Crippen LogP contribution in [0, 0.1) is 43.4 Å². The van der Waals surface area contributed by atoms with Crippen molar-refractivity contribution in [2.24, 2.45) is 29.6 Å². The van der Waals surface area contributed by atoms with E-state index in [1.54, 1.807) is 0 Å². The molecule has 3 saturated carbocycles. The van der Waals surface area contributed by atoms with Gasteiger partial charge in [-0.15, -0.1) is 0 Å². The zero-order chi connectivity index (χ0) is 32.1. The number of morpholine rings is 1. The zero-order valence-electron chi connectivity index (χ0n) is 29.3. The third-order valence-corrected chi connectivity index (χ3v) is 12.4. The van der Waals surface area contributed by atoms with Gasteiger partial charge in [0, 0.05) is 61.5 Å². The van der Waals surface area contributed by atoms with Gasteiger partial charge in [-0.1, -0.05) is 13.8 Å². The highest BCUT2D eigenvalue weighted by molar-refractivity contribution is 5.79. The van der Waals surface area contributed by atoms with Gasteiger partial charge in [-0.3, -0.25) is 19.4 Å². The van der Waals surface area contributed by atoms with Gasteiger partial charge in [0.2, 0.25) is 5.91 Å². The number of ether oxygens (including phenoxy) is 1. The molecule has 5 rings (SSSR count). The minimum atomic E-state index is -0.0837. The fourth-order valence-corrected chi connectivity index (χ4v) is 9.67. The molecule has 3 aliphatic carbocycles. The van der Waals surface area contributed by atoms with Crippen molar-refractivity contribution < 1.29 is 9.53 Å². The summed E-state index contributed by atoms with van der Waals surface area (Å²) in [5, 5.41) is 3.25. The van der Waals surface area contributed by atoms with Crippen LogP contribution in [0.4, 0.5) is 0 Å². The van der Waals surface area contributed by atoms with Crippen LogP contribution in [0.3, 0.4) is 0 Å². The lowest BCUT2D eigenvalue weighted by Gasteiger charge is -2.51. The second-order valence-electron chi connectivity index (χ2n) is 15.4. The Kier molecular flexibility index (Phi) is 12.2. The van der Waals surface area contributed by atoms with Crippen LogP contribution < -0.4 is 10.9 Å². The van der Waals surface area contributed by atoms with E-state index in [0.29, 0.717) is 48.0 Å². The molecule has 2 heterocycles. The van der Waals surface area contributed by atoms with E-state index < -0.39 is 0 Å². The molecule has 8 heteroatoms. The molecule has 0 aromatic carbocycles. The van der Waals surface area contributed by atoms with E-state index in [4.69, 9.17) is 4.74 Å². The Morgan fingerprint density at radius 2 is 1.64 bits per heavy atom. The number of nitrogens with one attached hydrogen (secondary N) is 2. The van der Waals surface area contributed by atoms with E-state index in [2.05, 4.69) is 52.9 Å². The molecule has 1 amide bonds. The number of nitrogens with zero attached hydrogens (tertiary/aromatic N) is 3. The Balaban J connectivity index is 1.29. The van der Waals surface area contributed by atoms with E-state index in [1.807, 2.05) is 19.9 Å². The number of aromatic amines is 1. The topological polar surface area (TPSA) is 80.9 Å². The van der Waals surface area contributed by atoms with Crippen molar-refractivity contribution in [1.82, 2.24) is 25.0 Å². The van der Waals surface area contributed by atoms with Crippen molar-refractivity contribution in [3.63, 3.8) is 0 Å². The van der Waals surface area contributed by atoms with E-state index in [9.17, 15) is 9.59 Å². The lowest BCUT2D eigenvalue weighted by atomic mass is 9.63. The van der Waals surface area contributed by atoms with Gasteiger partial charge in [0.25, 0.3) is 5.56 Å².